The third-order valence-electron chi connectivity index (χ3n) is 7.78. The van der Waals surface area contributed by atoms with Crippen LogP contribution in [-0.4, -0.2) is 0 Å². The molecule has 0 saturated heterocycles. The number of aryl methyl sites for hydroxylation is 1. The molecule has 6 rings (SSSR count). The number of para-hydroxylation sites is 1. The molecule has 0 atom stereocenters. The van der Waals surface area contributed by atoms with Gasteiger partial charge in [0.1, 0.15) is 0 Å². The van der Waals surface area contributed by atoms with E-state index in [0.717, 1.165) is 23.5 Å². The number of rotatable bonds is 8. The molecule has 0 aliphatic rings. The molecule has 1 nitrogen and oxygen atoms in total. The van der Waals surface area contributed by atoms with Gasteiger partial charge in [0.25, 0.3) is 0 Å². The highest BCUT2D eigenvalue weighted by atomic mass is 15.1. The molecule has 0 bridgehead atoms. The Morgan fingerprint density at radius 2 is 1.00 bits per heavy atom. The lowest BCUT2D eigenvalue weighted by Crippen LogP contribution is -2.09. The highest BCUT2D eigenvalue weighted by Crippen LogP contribution is 2.36. The standard InChI is InChI=1S/C41H35N/c1-31-16-20-34(21-17-31)32(2)18-19-33-10-9-13-38(30-33)37-24-28-41(29-25-37)42(39-14-7-4-8-15-39)40-26-22-36(23-27-40)35-11-5-3-6-12-35/h3-18,20-30H,19H2,1-2H3/b32-18+. The zero-order valence-corrected chi connectivity index (χ0v) is 24.2. The molecule has 0 fully saturated rings. The zero-order chi connectivity index (χ0) is 28.7. The number of hydrogen-bond acceptors (Lipinski definition) is 1. The summed E-state index contributed by atoms with van der Waals surface area (Å²) in [5.41, 5.74) is 13.5. The van der Waals surface area contributed by atoms with Crippen molar-refractivity contribution in [2.24, 2.45) is 0 Å². The second-order valence-electron chi connectivity index (χ2n) is 10.8. The summed E-state index contributed by atoms with van der Waals surface area (Å²) in [4.78, 5) is 2.31. The zero-order valence-electron chi connectivity index (χ0n) is 24.2. The first-order valence-corrected chi connectivity index (χ1v) is 14.6. The summed E-state index contributed by atoms with van der Waals surface area (Å²) < 4.78 is 0. The van der Waals surface area contributed by atoms with Gasteiger partial charge in [-0.2, -0.15) is 0 Å². The number of allylic oxidation sites excluding steroid dienone is 2. The van der Waals surface area contributed by atoms with Crippen LogP contribution in [0.5, 0.6) is 0 Å². The summed E-state index contributed by atoms with van der Waals surface area (Å²) in [5.74, 6) is 0. The number of hydrogen-bond donors (Lipinski definition) is 0. The summed E-state index contributed by atoms with van der Waals surface area (Å²) in [5, 5.41) is 0. The van der Waals surface area contributed by atoms with Gasteiger partial charge in [0.15, 0.2) is 0 Å². The average molecular weight is 542 g/mol. The van der Waals surface area contributed by atoms with Crippen LogP contribution in [0.3, 0.4) is 0 Å². The normalized spacial score (nSPS) is 11.3. The number of nitrogens with zero attached hydrogens (tertiary/aromatic N) is 1. The maximum atomic E-state index is 2.33. The van der Waals surface area contributed by atoms with Crippen LogP contribution >= 0.6 is 0 Å². The molecule has 42 heavy (non-hydrogen) atoms. The minimum Gasteiger partial charge on any atom is -0.311 e. The summed E-state index contributed by atoms with van der Waals surface area (Å²) in [6.07, 6.45) is 3.24. The minimum atomic E-state index is 0.909. The van der Waals surface area contributed by atoms with Gasteiger partial charge in [-0.1, -0.05) is 133 Å². The summed E-state index contributed by atoms with van der Waals surface area (Å²) in [7, 11) is 0. The van der Waals surface area contributed by atoms with Crippen molar-refractivity contribution < 1.29 is 0 Å². The first-order chi connectivity index (χ1) is 20.6. The van der Waals surface area contributed by atoms with Crippen molar-refractivity contribution in [3.63, 3.8) is 0 Å². The van der Waals surface area contributed by atoms with E-state index in [1.165, 1.54) is 44.5 Å². The molecule has 0 aromatic heterocycles. The van der Waals surface area contributed by atoms with E-state index in [2.05, 4.69) is 183 Å². The molecule has 0 heterocycles. The molecule has 0 saturated carbocycles. The van der Waals surface area contributed by atoms with E-state index in [1.54, 1.807) is 0 Å². The fraction of sp³-hybridized carbons (Fsp3) is 0.0732. The van der Waals surface area contributed by atoms with E-state index in [0.29, 0.717) is 0 Å². The molecular weight excluding hydrogens is 506 g/mol. The van der Waals surface area contributed by atoms with E-state index in [4.69, 9.17) is 0 Å². The Bertz CT molecular complexity index is 1760. The Morgan fingerprint density at radius 1 is 0.500 bits per heavy atom. The topological polar surface area (TPSA) is 3.24 Å². The van der Waals surface area contributed by atoms with Crippen molar-refractivity contribution in [3.8, 4) is 22.3 Å². The van der Waals surface area contributed by atoms with Crippen LogP contribution in [0.2, 0.25) is 0 Å². The summed E-state index contributed by atoms with van der Waals surface area (Å²) in [6, 6.07) is 56.5. The van der Waals surface area contributed by atoms with E-state index in [9.17, 15) is 0 Å². The van der Waals surface area contributed by atoms with Crippen molar-refractivity contribution in [2.45, 2.75) is 20.3 Å². The molecule has 204 valence electrons. The van der Waals surface area contributed by atoms with Crippen LogP contribution in [0.1, 0.15) is 23.6 Å². The maximum absolute atomic E-state index is 2.33. The van der Waals surface area contributed by atoms with Gasteiger partial charge in [-0.05, 0) is 95.6 Å². The third-order valence-corrected chi connectivity index (χ3v) is 7.78. The first kappa shape index (κ1) is 27.1. The highest BCUT2D eigenvalue weighted by Gasteiger charge is 2.13. The van der Waals surface area contributed by atoms with Gasteiger partial charge >= 0.3 is 0 Å². The van der Waals surface area contributed by atoms with Gasteiger partial charge < -0.3 is 4.90 Å². The first-order valence-electron chi connectivity index (χ1n) is 14.6. The molecule has 1 heteroatoms. The molecule has 6 aromatic rings. The van der Waals surface area contributed by atoms with E-state index < -0.39 is 0 Å². The van der Waals surface area contributed by atoms with Crippen LogP contribution in [0.15, 0.2) is 164 Å². The molecule has 0 radical (unpaired) electrons. The van der Waals surface area contributed by atoms with Crippen LogP contribution in [0.25, 0.3) is 27.8 Å². The van der Waals surface area contributed by atoms with E-state index >= 15 is 0 Å². The van der Waals surface area contributed by atoms with Gasteiger partial charge in [0.05, 0.1) is 0 Å². The Labute approximate surface area is 250 Å². The van der Waals surface area contributed by atoms with Crippen molar-refractivity contribution in [3.05, 3.63) is 180 Å². The molecular formula is C41H35N. The SMILES string of the molecule is C/C(=C\Cc1cccc(-c2ccc(N(c3ccccc3)c3ccc(-c4ccccc4)cc3)cc2)c1)c1ccc(C)cc1. The van der Waals surface area contributed by atoms with Gasteiger partial charge in [0.2, 0.25) is 0 Å². The van der Waals surface area contributed by atoms with E-state index in [1.807, 2.05) is 0 Å². The lowest BCUT2D eigenvalue weighted by atomic mass is 9.99. The smallest absolute Gasteiger partial charge is 0.0462 e. The van der Waals surface area contributed by atoms with Crippen LogP contribution < -0.4 is 4.90 Å². The Hall–Kier alpha value is -5.14. The number of anilines is 3. The van der Waals surface area contributed by atoms with Gasteiger partial charge in [-0.15, -0.1) is 0 Å². The van der Waals surface area contributed by atoms with Crippen LogP contribution in [0, 0.1) is 6.92 Å². The fourth-order valence-electron chi connectivity index (χ4n) is 5.34. The van der Waals surface area contributed by atoms with Gasteiger partial charge in [-0.25, -0.2) is 0 Å². The Morgan fingerprint density at radius 3 is 1.62 bits per heavy atom. The van der Waals surface area contributed by atoms with Crippen molar-refractivity contribution >= 4 is 22.6 Å². The van der Waals surface area contributed by atoms with Crippen molar-refractivity contribution in [1.29, 1.82) is 0 Å². The van der Waals surface area contributed by atoms with Gasteiger partial charge in [-0.3, -0.25) is 0 Å². The second kappa shape index (κ2) is 12.6. The quantitative estimate of drug-likeness (QED) is 0.185. The Balaban J connectivity index is 1.25. The average Bonchev–Trinajstić information content (AvgIpc) is 3.06. The second-order valence-corrected chi connectivity index (χ2v) is 10.8. The van der Waals surface area contributed by atoms with E-state index in [-0.39, 0.29) is 0 Å². The fourth-order valence-corrected chi connectivity index (χ4v) is 5.34. The highest BCUT2D eigenvalue weighted by molar-refractivity contribution is 5.79. The molecule has 0 N–H and O–H groups in total. The largest absolute Gasteiger partial charge is 0.311 e. The molecule has 0 aliphatic carbocycles. The molecule has 0 amide bonds. The van der Waals surface area contributed by atoms with Crippen molar-refractivity contribution in [2.75, 3.05) is 4.90 Å². The minimum absolute atomic E-state index is 0.909. The molecule has 6 aromatic carbocycles. The lowest BCUT2D eigenvalue weighted by molar-refractivity contribution is 1.26. The van der Waals surface area contributed by atoms with Crippen molar-refractivity contribution in [1.82, 2.24) is 0 Å². The monoisotopic (exact) mass is 541 g/mol. The summed E-state index contributed by atoms with van der Waals surface area (Å²) >= 11 is 0. The molecule has 0 aliphatic heterocycles. The van der Waals surface area contributed by atoms with Crippen LogP contribution in [0.4, 0.5) is 17.1 Å². The maximum Gasteiger partial charge on any atom is 0.0462 e. The lowest BCUT2D eigenvalue weighted by Gasteiger charge is -2.26. The molecule has 0 spiro atoms. The summed E-state index contributed by atoms with van der Waals surface area (Å²) in [6.45, 7) is 4.32. The predicted octanol–water partition coefficient (Wildman–Crippen LogP) is 11.4. The third kappa shape index (κ3) is 6.27. The van der Waals surface area contributed by atoms with Gasteiger partial charge in [0, 0.05) is 17.1 Å². The Kier molecular flexibility index (Phi) is 8.10. The number of benzene rings is 6. The van der Waals surface area contributed by atoms with Crippen LogP contribution in [-0.2, 0) is 6.42 Å². The predicted molar refractivity (Wildman–Crippen MR) is 181 cm³/mol. The molecule has 0 unspecified atom stereocenters.